The van der Waals surface area contributed by atoms with E-state index in [4.69, 9.17) is 4.52 Å². The Labute approximate surface area is 188 Å². The first-order valence-electron chi connectivity index (χ1n) is 10.6. The molecule has 4 rings (SSSR count). The van der Waals surface area contributed by atoms with Gasteiger partial charge in [-0.3, -0.25) is 4.79 Å². The fourth-order valence-corrected chi connectivity index (χ4v) is 5.17. The molecule has 0 saturated carbocycles. The van der Waals surface area contributed by atoms with Crippen LogP contribution in [-0.2, 0) is 27.8 Å². The number of sulfonamides is 1. The van der Waals surface area contributed by atoms with Crippen molar-refractivity contribution < 1.29 is 17.7 Å². The van der Waals surface area contributed by atoms with E-state index in [2.05, 4.69) is 15.4 Å². The molecule has 0 bridgehead atoms. The third kappa shape index (κ3) is 4.69. The quantitative estimate of drug-likeness (QED) is 0.611. The van der Waals surface area contributed by atoms with Gasteiger partial charge in [0, 0.05) is 38.1 Å². The van der Waals surface area contributed by atoms with Crippen molar-refractivity contribution in [3.8, 4) is 0 Å². The number of fused-ring (bicyclic) bond motifs is 1. The lowest BCUT2D eigenvalue weighted by Gasteiger charge is -2.31. The van der Waals surface area contributed by atoms with Crippen LogP contribution < -0.4 is 5.32 Å². The first-order chi connectivity index (χ1) is 15.2. The van der Waals surface area contributed by atoms with Gasteiger partial charge in [0.25, 0.3) is 0 Å². The van der Waals surface area contributed by atoms with Gasteiger partial charge in [0.2, 0.25) is 15.9 Å². The molecule has 2 heterocycles. The maximum atomic E-state index is 12.8. The lowest BCUT2D eigenvalue weighted by atomic mass is 10.1. The second kappa shape index (κ2) is 9.01. The summed E-state index contributed by atoms with van der Waals surface area (Å²) in [7, 11) is -1.51. The molecule has 9 heteroatoms. The summed E-state index contributed by atoms with van der Waals surface area (Å²) in [5.41, 5.74) is 4.34. The average molecular weight is 457 g/mol. The second-order valence-electron chi connectivity index (χ2n) is 8.37. The van der Waals surface area contributed by atoms with Crippen molar-refractivity contribution in [1.29, 1.82) is 0 Å². The van der Waals surface area contributed by atoms with E-state index in [0.29, 0.717) is 30.9 Å². The van der Waals surface area contributed by atoms with Gasteiger partial charge in [-0.25, -0.2) is 8.42 Å². The number of aryl methyl sites for hydroxylation is 2. The smallest absolute Gasteiger partial charge is 0.243 e. The van der Waals surface area contributed by atoms with Crippen LogP contribution >= 0.6 is 0 Å². The molecule has 8 nitrogen and oxygen atoms in total. The van der Waals surface area contributed by atoms with E-state index in [-0.39, 0.29) is 17.2 Å². The monoisotopic (exact) mass is 456 g/mol. The predicted molar refractivity (Wildman–Crippen MR) is 122 cm³/mol. The van der Waals surface area contributed by atoms with E-state index in [9.17, 15) is 13.2 Å². The molecule has 1 saturated heterocycles. The Kier molecular flexibility index (Phi) is 6.32. The Morgan fingerprint density at radius 3 is 2.41 bits per heavy atom. The van der Waals surface area contributed by atoms with E-state index in [1.165, 1.54) is 4.31 Å². The van der Waals surface area contributed by atoms with Crippen molar-refractivity contribution in [3.05, 3.63) is 58.8 Å². The van der Waals surface area contributed by atoms with Crippen molar-refractivity contribution in [2.24, 2.45) is 0 Å². The number of benzene rings is 2. The average Bonchev–Trinajstić information content (AvgIpc) is 3.14. The van der Waals surface area contributed by atoms with E-state index >= 15 is 0 Å². The van der Waals surface area contributed by atoms with Gasteiger partial charge in [-0.15, -0.1) is 0 Å². The summed E-state index contributed by atoms with van der Waals surface area (Å²) in [5.74, 6) is -0.174. The molecule has 2 aromatic carbocycles. The number of amides is 1. The number of nitrogens with one attached hydrogen (secondary N) is 1. The molecule has 1 aliphatic heterocycles. The molecule has 1 aromatic heterocycles. The summed E-state index contributed by atoms with van der Waals surface area (Å²) < 4.78 is 32.5. The molecule has 0 unspecified atom stereocenters. The number of likely N-dealkylation sites (N-methyl/N-ethyl adjacent to an activating group) is 1. The van der Waals surface area contributed by atoms with Crippen LogP contribution in [-0.4, -0.2) is 61.9 Å². The van der Waals surface area contributed by atoms with Gasteiger partial charge in [0.05, 0.1) is 11.3 Å². The van der Waals surface area contributed by atoms with Crippen LogP contribution in [0, 0.1) is 13.8 Å². The third-order valence-corrected chi connectivity index (χ3v) is 7.91. The van der Waals surface area contributed by atoms with Gasteiger partial charge in [0.1, 0.15) is 5.69 Å². The number of piperazine rings is 1. The number of hydrogen-bond donors (Lipinski definition) is 1. The first-order valence-corrected chi connectivity index (χ1v) is 12.1. The maximum absolute atomic E-state index is 12.8. The zero-order valence-electron chi connectivity index (χ0n) is 18.6. The van der Waals surface area contributed by atoms with Crippen molar-refractivity contribution >= 4 is 26.9 Å². The maximum Gasteiger partial charge on any atom is 0.243 e. The zero-order valence-corrected chi connectivity index (χ0v) is 19.4. The number of hydrogen-bond acceptors (Lipinski definition) is 6. The van der Waals surface area contributed by atoms with Crippen LogP contribution in [0.5, 0.6) is 0 Å². The highest BCUT2D eigenvalue weighted by Gasteiger charge is 2.27. The van der Waals surface area contributed by atoms with Crippen molar-refractivity contribution in [2.75, 3.05) is 33.2 Å². The van der Waals surface area contributed by atoms with Crippen LogP contribution in [0.2, 0.25) is 0 Å². The molecule has 32 heavy (non-hydrogen) atoms. The standard InChI is InChI=1S/C23H28N4O4S/c1-16-12-20-21(25-31-22(20)13-17(16)2)14-23(28)24-15-18-4-6-19(7-5-18)32(29,30)27-10-8-26(3)9-11-27/h4-7,12-13H,8-11,14-15H2,1-3H3,(H,24,28). The second-order valence-corrected chi connectivity index (χ2v) is 10.3. The van der Waals surface area contributed by atoms with Crippen molar-refractivity contribution in [2.45, 2.75) is 31.7 Å². The van der Waals surface area contributed by atoms with E-state index in [1.807, 2.05) is 33.0 Å². The first kappa shape index (κ1) is 22.4. The molecular weight excluding hydrogens is 428 g/mol. The topological polar surface area (TPSA) is 95.8 Å². The number of carbonyl (C=O) groups excluding carboxylic acids is 1. The fourth-order valence-electron chi connectivity index (χ4n) is 3.74. The third-order valence-electron chi connectivity index (χ3n) is 6.00. The van der Waals surface area contributed by atoms with Gasteiger partial charge in [-0.2, -0.15) is 4.31 Å². The summed E-state index contributed by atoms with van der Waals surface area (Å²) in [6.07, 6.45) is 0.116. The minimum Gasteiger partial charge on any atom is -0.356 e. The minimum absolute atomic E-state index is 0.116. The van der Waals surface area contributed by atoms with E-state index in [1.54, 1.807) is 24.3 Å². The molecule has 1 amide bonds. The molecule has 0 aliphatic carbocycles. The zero-order chi connectivity index (χ0) is 22.9. The van der Waals surface area contributed by atoms with E-state index < -0.39 is 10.0 Å². The Bertz CT molecular complexity index is 1230. The van der Waals surface area contributed by atoms with E-state index in [0.717, 1.165) is 35.2 Å². The van der Waals surface area contributed by atoms with Gasteiger partial charge >= 0.3 is 0 Å². The predicted octanol–water partition coefficient (Wildman–Crippen LogP) is 2.24. The van der Waals surface area contributed by atoms with Crippen LogP contribution in [0.25, 0.3) is 11.0 Å². The SMILES string of the molecule is Cc1cc2onc(CC(=O)NCc3ccc(S(=O)(=O)N4CCN(C)CC4)cc3)c2cc1C. The van der Waals surface area contributed by atoms with Crippen LogP contribution in [0.1, 0.15) is 22.4 Å². The van der Waals surface area contributed by atoms with Gasteiger partial charge in [-0.05, 0) is 61.9 Å². The molecule has 1 N–H and O–H groups in total. The molecule has 3 aromatic rings. The Morgan fingerprint density at radius 2 is 1.72 bits per heavy atom. The summed E-state index contributed by atoms with van der Waals surface area (Å²) >= 11 is 0. The van der Waals surface area contributed by atoms with Crippen LogP contribution in [0.15, 0.2) is 45.8 Å². The van der Waals surface area contributed by atoms with Gasteiger partial charge in [0.15, 0.2) is 5.58 Å². The molecule has 0 radical (unpaired) electrons. The number of carbonyl (C=O) groups is 1. The Balaban J connectivity index is 1.36. The van der Waals surface area contributed by atoms with Crippen LogP contribution in [0.4, 0.5) is 0 Å². The Morgan fingerprint density at radius 1 is 1.06 bits per heavy atom. The van der Waals surface area contributed by atoms with Gasteiger partial charge < -0.3 is 14.7 Å². The summed E-state index contributed by atoms with van der Waals surface area (Å²) in [6, 6.07) is 10.6. The molecule has 1 aliphatic rings. The number of rotatable bonds is 6. The summed E-state index contributed by atoms with van der Waals surface area (Å²) in [4.78, 5) is 14.8. The molecule has 0 atom stereocenters. The fraction of sp³-hybridized carbons (Fsp3) is 0.391. The lowest BCUT2D eigenvalue weighted by Crippen LogP contribution is -2.47. The van der Waals surface area contributed by atoms with Crippen molar-refractivity contribution in [3.63, 3.8) is 0 Å². The highest BCUT2D eigenvalue weighted by molar-refractivity contribution is 7.89. The Hall–Kier alpha value is -2.75. The van der Waals surface area contributed by atoms with Crippen molar-refractivity contribution in [1.82, 2.24) is 19.7 Å². The number of aromatic nitrogens is 1. The van der Waals surface area contributed by atoms with Gasteiger partial charge in [-0.1, -0.05) is 17.3 Å². The highest BCUT2D eigenvalue weighted by Crippen LogP contribution is 2.23. The molecule has 170 valence electrons. The highest BCUT2D eigenvalue weighted by atomic mass is 32.2. The van der Waals surface area contributed by atoms with Crippen LogP contribution in [0.3, 0.4) is 0 Å². The molecular formula is C23H28N4O4S. The largest absolute Gasteiger partial charge is 0.356 e. The lowest BCUT2D eigenvalue weighted by molar-refractivity contribution is -0.120. The summed E-state index contributed by atoms with van der Waals surface area (Å²) in [6.45, 7) is 6.76. The minimum atomic E-state index is -3.49. The molecule has 0 spiro atoms. The number of nitrogens with zero attached hydrogens (tertiary/aromatic N) is 3. The molecule has 1 fully saturated rings. The normalized spacial score (nSPS) is 15.8. The summed E-state index contributed by atoms with van der Waals surface area (Å²) in [5, 5.41) is 7.77.